The summed E-state index contributed by atoms with van der Waals surface area (Å²) in [6.45, 7) is -0.0703. The number of aromatic amines is 1. The minimum atomic E-state index is -1.43. The van der Waals surface area contributed by atoms with E-state index in [1.54, 1.807) is 12.3 Å². The van der Waals surface area contributed by atoms with Crippen molar-refractivity contribution in [2.75, 3.05) is 6.54 Å². The Kier molecular flexibility index (Phi) is 3.64. The molecule has 4 rings (SSSR count). The van der Waals surface area contributed by atoms with Crippen molar-refractivity contribution < 1.29 is 23.5 Å². The van der Waals surface area contributed by atoms with Crippen LogP contribution in [0.2, 0.25) is 0 Å². The van der Waals surface area contributed by atoms with E-state index < -0.39 is 29.6 Å². The minimum absolute atomic E-state index is 0.00973. The molecule has 1 aliphatic heterocycles. The number of fused-ring (bicyclic) bond motifs is 2. The molecule has 9 heteroatoms. The Balaban J connectivity index is 1.81. The van der Waals surface area contributed by atoms with Crippen LogP contribution in [-0.2, 0) is 11.2 Å². The molecule has 0 saturated heterocycles. The first-order valence-corrected chi connectivity index (χ1v) is 7.77. The Morgan fingerprint density at radius 1 is 1.23 bits per heavy atom. The molecule has 26 heavy (non-hydrogen) atoms. The van der Waals surface area contributed by atoms with Crippen LogP contribution in [0.25, 0.3) is 11.0 Å². The second-order valence-corrected chi connectivity index (χ2v) is 5.88. The van der Waals surface area contributed by atoms with Crippen LogP contribution < -0.4 is 0 Å². The maximum Gasteiger partial charge on any atom is 0.331 e. The summed E-state index contributed by atoms with van der Waals surface area (Å²) in [6, 6.07) is 2.27. The summed E-state index contributed by atoms with van der Waals surface area (Å²) in [4.78, 5) is 36.7. The van der Waals surface area contributed by atoms with Crippen LogP contribution in [0.4, 0.5) is 8.78 Å². The van der Waals surface area contributed by atoms with Gasteiger partial charge in [-0.15, -0.1) is 0 Å². The first-order valence-electron chi connectivity index (χ1n) is 7.77. The van der Waals surface area contributed by atoms with E-state index in [-0.39, 0.29) is 29.8 Å². The maximum atomic E-state index is 14.0. The van der Waals surface area contributed by atoms with Crippen LogP contribution >= 0.6 is 0 Å². The Bertz CT molecular complexity index is 1050. The van der Waals surface area contributed by atoms with Gasteiger partial charge >= 0.3 is 5.97 Å². The smallest absolute Gasteiger partial charge is 0.331 e. The van der Waals surface area contributed by atoms with Gasteiger partial charge in [0.05, 0.1) is 5.39 Å². The number of aromatic nitrogens is 3. The molecular formula is C17H12F2N4O3. The number of amides is 1. The van der Waals surface area contributed by atoms with Crippen LogP contribution in [0, 0.1) is 11.6 Å². The highest BCUT2D eigenvalue weighted by molar-refractivity contribution is 6.05. The number of benzene rings is 1. The molecule has 0 saturated carbocycles. The molecule has 7 nitrogen and oxygen atoms in total. The van der Waals surface area contributed by atoms with Crippen molar-refractivity contribution in [2.45, 2.75) is 12.5 Å². The summed E-state index contributed by atoms with van der Waals surface area (Å²) in [5.74, 6) is -4.06. The fraction of sp³-hybridized carbons (Fsp3) is 0.176. The van der Waals surface area contributed by atoms with E-state index in [0.717, 1.165) is 11.0 Å². The Morgan fingerprint density at radius 3 is 2.81 bits per heavy atom. The number of rotatable bonds is 2. The largest absolute Gasteiger partial charge is 0.479 e. The van der Waals surface area contributed by atoms with Gasteiger partial charge < -0.3 is 15.0 Å². The van der Waals surface area contributed by atoms with Crippen LogP contribution in [0.15, 0.2) is 30.7 Å². The van der Waals surface area contributed by atoms with Gasteiger partial charge in [-0.3, -0.25) is 4.79 Å². The highest BCUT2D eigenvalue weighted by Gasteiger charge is 2.38. The van der Waals surface area contributed by atoms with Gasteiger partial charge in [-0.1, -0.05) is 6.07 Å². The van der Waals surface area contributed by atoms with Gasteiger partial charge in [0.25, 0.3) is 5.91 Å². The zero-order valence-electron chi connectivity index (χ0n) is 13.2. The number of carbonyl (C=O) groups excluding carboxylic acids is 1. The summed E-state index contributed by atoms with van der Waals surface area (Å²) in [5, 5.41) is 10.1. The second kappa shape index (κ2) is 5.87. The van der Waals surface area contributed by atoms with Crippen molar-refractivity contribution in [2.24, 2.45) is 0 Å². The van der Waals surface area contributed by atoms with Crippen LogP contribution in [0.1, 0.15) is 27.7 Å². The summed E-state index contributed by atoms with van der Waals surface area (Å²) < 4.78 is 27.5. The summed E-state index contributed by atoms with van der Waals surface area (Å²) in [5.41, 5.74) is 0.542. The molecule has 0 radical (unpaired) electrons. The first-order chi connectivity index (χ1) is 12.5. The summed E-state index contributed by atoms with van der Waals surface area (Å²) in [7, 11) is 0. The standard InChI is InChI=1S/C17H12F2N4O3/c18-11-2-1-9-8(12(11)19)4-6-23(14(9)17(25)26)16(24)13-10-3-5-20-15(10)22-7-21-13/h1-3,5,7,14H,4,6H2,(H,25,26)(H,20,21,22). The topological polar surface area (TPSA) is 99.2 Å². The van der Waals surface area contributed by atoms with Crippen LogP contribution in [0.5, 0.6) is 0 Å². The molecule has 0 bridgehead atoms. The average Bonchev–Trinajstić information content (AvgIpc) is 3.12. The third kappa shape index (κ3) is 2.32. The summed E-state index contributed by atoms with van der Waals surface area (Å²) in [6.07, 6.45) is 2.80. The molecule has 0 fully saturated rings. The molecule has 1 aromatic carbocycles. The van der Waals surface area contributed by atoms with Crippen LogP contribution in [0.3, 0.4) is 0 Å². The van der Waals surface area contributed by atoms with Crippen molar-refractivity contribution in [3.05, 3.63) is 59.2 Å². The lowest BCUT2D eigenvalue weighted by molar-refractivity contribution is -0.143. The van der Waals surface area contributed by atoms with Crippen molar-refractivity contribution in [3.8, 4) is 0 Å². The Morgan fingerprint density at radius 2 is 2.04 bits per heavy atom. The van der Waals surface area contributed by atoms with Gasteiger partial charge in [0, 0.05) is 12.7 Å². The molecule has 3 aromatic rings. The van der Waals surface area contributed by atoms with E-state index in [9.17, 15) is 23.5 Å². The highest BCUT2D eigenvalue weighted by atomic mass is 19.2. The molecule has 132 valence electrons. The first kappa shape index (κ1) is 16.1. The third-order valence-corrected chi connectivity index (χ3v) is 4.49. The number of aliphatic carboxylic acids is 1. The number of H-pyrrole nitrogens is 1. The van der Waals surface area contributed by atoms with Gasteiger partial charge in [0.2, 0.25) is 0 Å². The highest BCUT2D eigenvalue weighted by Crippen LogP contribution is 2.34. The monoisotopic (exact) mass is 358 g/mol. The van der Waals surface area contributed by atoms with E-state index in [4.69, 9.17) is 0 Å². The van der Waals surface area contributed by atoms with E-state index >= 15 is 0 Å². The Labute approximate surface area is 145 Å². The maximum absolute atomic E-state index is 14.0. The van der Waals surface area contributed by atoms with Crippen molar-refractivity contribution in [3.63, 3.8) is 0 Å². The number of nitrogens with zero attached hydrogens (tertiary/aromatic N) is 3. The Hall–Kier alpha value is -3.36. The number of hydrogen-bond acceptors (Lipinski definition) is 4. The lowest BCUT2D eigenvalue weighted by Crippen LogP contribution is -2.44. The fourth-order valence-corrected chi connectivity index (χ4v) is 3.31. The van der Waals surface area contributed by atoms with Crippen LogP contribution in [-0.4, -0.2) is 43.4 Å². The van der Waals surface area contributed by atoms with Gasteiger partial charge in [0.15, 0.2) is 17.7 Å². The van der Waals surface area contributed by atoms with Gasteiger partial charge in [-0.2, -0.15) is 0 Å². The molecule has 2 N–H and O–H groups in total. The van der Waals surface area contributed by atoms with E-state index in [1.165, 1.54) is 12.4 Å². The van der Waals surface area contributed by atoms with E-state index in [2.05, 4.69) is 15.0 Å². The molecule has 2 aromatic heterocycles. The predicted octanol–water partition coefficient (Wildman–Crippen LogP) is 2.06. The number of carboxylic acids is 1. The number of halogens is 2. The van der Waals surface area contributed by atoms with E-state index in [0.29, 0.717) is 11.0 Å². The SMILES string of the molecule is O=C(O)C1c2ccc(F)c(F)c2CCN1C(=O)c1ncnc2[nH]ccc12. The normalized spacial score (nSPS) is 16.5. The lowest BCUT2D eigenvalue weighted by Gasteiger charge is -2.34. The van der Waals surface area contributed by atoms with Gasteiger partial charge in [-0.05, 0) is 29.7 Å². The number of carboxylic acid groups (broad SMARTS) is 1. The predicted molar refractivity (Wildman–Crippen MR) is 85.4 cm³/mol. The minimum Gasteiger partial charge on any atom is -0.479 e. The van der Waals surface area contributed by atoms with Crippen molar-refractivity contribution in [1.29, 1.82) is 0 Å². The third-order valence-electron chi connectivity index (χ3n) is 4.49. The molecule has 0 aliphatic carbocycles. The number of nitrogens with one attached hydrogen (secondary N) is 1. The quantitative estimate of drug-likeness (QED) is 0.731. The van der Waals surface area contributed by atoms with Gasteiger partial charge in [-0.25, -0.2) is 23.5 Å². The molecule has 3 heterocycles. The van der Waals surface area contributed by atoms with Crippen molar-refractivity contribution >= 4 is 22.9 Å². The molecule has 1 unspecified atom stereocenters. The fourth-order valence-electron chi connectivity index (χ4n) is 3.31. The summed E-state index contributed by atoms with van der Waals surface area (Å²) >= 11 is 0. The number of hydrogen-bond donors (Lipinski definition) is 2. The lowest BCUT2D eigenvalue weighted by atomic mass is 9.91. The zero-order chi connectivity index (χ0) is 18.4. The molecule has 0 spiro atoms. The van der Waals surface area contributed by atoms with Gasteiger partial charge in [0.1, 0.15) is 17.7 Å². The van der Waals surface area contributed by atoms with E-state index in [1.807, 2.05) is 0 Å². The second-order valence-electron chi connectivity index (χ2n) is 5.88. The number of carbonyl (C=O) groups is 2. The van der Waals surface area contributed by atoms with Crippen molar-refractivity contribution in [1.82, 2.24) is 19.9 Å². The zero-order valence-corrected chi connectivity index (χ0v) is 13.2. The molecular weight excluding hydrogens is 346 g/mol. The average molecular weight is 358 g/mol. The molecule has 1 amide bonds. The molecule has 1 aliphatic rings. The molecule has 1 atom stereocenters.